The standard InChI is InChI=1S/C26H21F3N4O4/c1-13-9-16(37-22-6-8-33-21(32-22)5-7-30-33)10-14(2)23(13)24(34)31-20-11-15(17-12-18(17)25(35)36)3-4-19(20)26(27,28)29/h3-11,17-18H,12H2,1-2H3,(H,31,34)(H,35,36)/t17-,18-/m1/s1. The van der Waals surface area contributed by atoms with Gasteiger partial charge in [-0.05, 0) is 67.1 Å². The van der Waals surface area contributed by atoms with Crippen molar-refractivity contribution < 1.29 is 32.6 Å². The van der Waals surface area contributed by atoms with Crippen molar-refractivity contribution in [1.29, 1.82) is 0 Å². The van der Waals surface area contributed by atoms with Crippen LogP contribution in [0.2, 0.25) is 0 Å². The van der Waals surface area contributed by atoms with Crippen molar-refractivity contribution in [3.8, 4) is 11.6 Å². The molecule has 5 rings (SSSR count). The molecule has 37 heavy (non-hydrogen) atoms. The minimum atomic E-state index is -4.71. The lowest BCUT2D eigenvalue weighted by Gasteiger charge is -2.17. The number of nitrogens with zero attached hydrogens (tertiary/aromatic N) is 3. The third kappa shape index (κ3) is 4.84. The summed E-state index contributed by atoms with van der Waals surface area (Å²) in [4.78, 5) is 28.7. The minimum absolute atomic E-state index is 0.208. The molecule has 2 atom stereocenters. The van der Waals surface area contributed by atoms with Crippen molar-refractivity contribution in [3.05, 3.63) is 82.7 Å². The van der Waals surface area contributed by atoms with E-state index in [4.69, 9.17) is 4.74 Å². The molecule has 1 aliphatic carbocycles. The van der Waals surface area contributed by atoms with Crippen LogP contribution >= 0.6 is 0 Å². The smallest absolute Gasteiger partial charge is 0.418 e. The van der Waals surface area contributed by atoms with Crippen molar-refractivity contribution in [2.75, 3.05) is 5.32 Å². The van der Waals surface area contributed by atoms with E-state index in [1.165, 1.54) is 12.1 Å². The molecule has 11 heteroatoms. The first-order chi connectivity index (χ1) is 17.5. The summed E-state index contributed by atoms with van der Waals surface area (Å²) in [7, 11) is 0. The minimum Gasteiger partial charge on any atom is -0.481 e. The van der Waals surface area contributed by atoms with E-state index in [0.717, 1.165) is 6.07 Å². The monoisotopic (exact) mass is 510 g/mol. The topological polar surface area (TPSA) is 106 Å². The number of aliphatic carboxylic acids is 1. The molecule has 190 valence electrons. The Morgan fingerprint density at radius 2 is 1.84 bits per heavy atom. The van der Waals surface area contributed by atoms with Gasteiger partial charge in [0, 0.05) is 23.9 Å². The summed E-state index contributed by atoms with van der Waals surface area (Å²) in [6.45, 7) is 3.32. The Morgan fingerprint density at radius 1 is 1.11 bits per heavy atom. The van der Waals surface area contributed by atoms with E-state index in [1.54, 1.807) is 55.0 Å². The van der Waals surface area contributed by atoms with Crippen LogP contribution in [0.3, 0.4) is 0 Å². The Morgan fingerprint density at radius 3 is 2.49 bits per heavy atom. The molecule has 4 aromatic rings. The Bertz CT molecular complexity index is 1520. The number of hydrogen-bond donors (Lipinski definition) is 2. The number of carbonyl (C=O) groups is 2. The summed E-state index contributed by atoms with van der Waals surface area (Å²) in [5, 5.41) is 15.6. The molecule has 0 saturated heterocycles. The Labute approximate surface area is 208 Å². The van der Waals surface area contributed by atoms with Crippen LogP contribution in [0, 0.1) is 19.8 Å². The van der Waals surface area contributed by atoms with Crippen LogP contribution in [0.4, 0.5) is 18.9 Å². The first kappa shape index (κ1) is 24.3. The largest absolute Gasteiger partial charge is 0.481 e. The average molecular weight is 510 g/mol. The number of amides is 1. The van der Waals surface area contributed by atoms with E-state index in [0.29, 0.717) is 40.4 Å². The number of benzene rings is 2. The fourth-order valence-corrected chi connectivity index (χ4v) is 4.48. The molecule has 2 aromatic carbocycles. The van der Waals surface area contributed by atoms with Gasteiger partial charge in [0.2, 0.25) is 5.88 Å². The van der Waals surface area contributed by atoms with Gasteiger partial charge in [-0.25, -0.2) is 4.52 Å². The lowest BCUT2D eigenvalue weighted by atomic mass is 10.00. The number of alkyl halides is 3. The first-order valence-electron chi connectivity index (χ1n) is 11.4. The zero-order valence-corrected chi connectivity index (χ0v) is 19.7. The third-order valence-electron chi connectivity index (χ3n) is 6.32. The quantitative estimate of drug-likeness (QED) is 0.350. The molecule has 0 unspecified atom stereocenters. The molecule has 0 radical (unpaired) electrons. The van der Waals surface area contributed by atoms with E-state index in [1.807, 2.05) is 0 Å². The molecule has 0 aliphatic heterocycles. The van der Waals surface area contributed by atoms with Crippen molar-refractivity contribution in [2.24, 2.45) is 5.92 Å². The van der Waals surface area contributed by atoms with Crippen molar-refractivity contribution in [2.45, 2.75) is 32.4 Å². The number of aromatic nitrogens is 3. The zero-order chi connectivity index (χ0) is 26.5. The first-order valence-corrected chi connectivity index (χ1v) is 11.4. The predicted molar refractivity (Wildman–Crippen MR) is 127 cm³/mol. The lowest BCUT2D eigenvalue weighted by Crippen LogP contribution is -2.19. The maximum absolute atomic E-state index is 13.7. The summed E-state index contributed by atoms with van der Waals surface area (Å²) in [5.41, 5.74) is 0.810. The molecular formula is C26H21F3N4O4. The highest BCUT2D eigenvalue weighted by atomic mass is 19.4. The number of carboxylic acids is 1. The Hall–Kier alpha value is -4.41. The second-order valence-electron chi connectivity index (χ2n) is 8.98. The van der Waals surface area contributed by atoms with Crippen LogP contribution in [-0.2, 0) is 11.0 Å². The van der Waals surface area contributed by atoms with Crippen LogP contribution in [0.1, 0.15) is 45.0 Å². The fraction of sp³-hybridized carbons (Fsp3) is 0.231. The van der Waals surface area contributed by atoms with Crippen LogP contribution in [-0.4, -0.2) is 31.6 Å². The number of rotatable bonds is 6. The number of carbonyl (C=O) groups excluding carboxylic acids is 1. The number of fused-ring (bicyclic) bond motifs is 1. The molecule has 2 N–H and O–H groups in total. The maximum atomic E-state index is 13.7. The fourth-order valence-electron chi connectivity index (χ4n) is 4.48. The Balaban J connectivity index is 1.41. The van der Waals surface area contributed by atoms with Crippen LogP contribution in [0.5, 0.6) is 11.6 Å². The summed E-state index contributed by atoms with van der Waals surface area (Å²) >= 11 is 0. The van der Waals surface area contributed by atoms with Crippen molar-refractivity contribution in [1.82, 2.24) is 14.6 Å². The second-order valence-corrected chi connectivity index (χ2v) is 8.98. The van der Waals surface area contributed by atoms with Gasteiger partial charge in [0.05, 0.1) is 23.4 Å². The van der Waals surface area contributed by atoms with Gasteiger partial charge in [-0.15, -0.1) is 0 Å². The lowest BCUT2D eigenvalue weighted by molar-refractivity contribution is -0.139. The van der Waals surface area contributed by atoms with Crippen molar-refractivity contribution >= 4 is 23.2 Å². The van der Waals surface area contributed by atoms with Gasteiger partial charge in [-0.1, -0.05) is 6.07 Å². The van der Waals surface area contributed by atoms with Gasteiger partial charge in [-0.3, -0.25) is 9.59 Å². The van der Waals surface area contributed by atoms with Gasteiger partial charge in [0.15, 0.2) is 5.65 Å². The predicted octanol–water partition coefficient (Wildman–Crippen LogP) is 5.60. The number of carboxylic acid groups (broad SMARTS) is 1. The highest BCUT2D eigenvalue weighted by Crippen LogP contribution is 2.49. The van der Waals surface area contributed by atoms with Crippen LogP contribution in [0.15, 0.2) is 54.9 Å². The number of hydrogen-bond acceptors (Lipinski definition) is 5. The third-order valence-corrected chi connectivity index (χ3v) is 6.32. The highest BCUT2D eigenvalue weighted by molar-refractivity contribution is 6.07. The second kappa shape index (κ2) is 8.91. The van der Waals surface area contributed by atoms with E-state index < -0.39 is 35.2 Å². The van der Waals surface area contributed by atoms with Crippen molar-refractivity contribution in [3.63, 3.8) is 0 Å². The molecule has 0 bridgehead atoms. The molecule has 1 aliphatic rings. The average Bonchev–Trinajstić information content (AvgIpc) is 3.48. The van der Waals surface area contributed by atoms with Gasteiger partial charge in [0.1, 0.15) is 5.75 Å². The van der Waals surface area contributed by atoms with E-state index in [2.05, 4.69) is 15.4 Å². The number of halogens is 3. The van der Waals surface area contributed by atoms with Crippen LogP contribution < -0.4 is 10.1 Å². The van der Waals surface area contributed by atoms with Crippen LogP contribution in [0.25, 0.3) is 5.65 Å². The SMILES string of the molecule is Cc1cc(Oc2ccn3nccc3n2)cc(C)c1C(=O)Nc1cc([C@H]2C[C@H]2C(=O)O)ccc1C(F)(F)F. The van der Waals surface area contributed by atoms with Gasteiger partial charge in [0.25, 0.3) is 5.91 Å². The zero-order valence-electron chi connectivity index (χ0n) is 19.7. The molecule has 2 heterocycles. The van der Waals surface area contributed by atoms with E-state index in [-0.39, 0.29) is 11.5 Å². The molecule has 8 nitrogen and oxygen atoms in total. The van der Waals surface area contributed by atoms with E-state index in [9.17, 15) is 27.9 Å². The molecule has 1 fully saturated rings. The molecule has 1 saturated carbocycles. The van der Waals surface area contributed by atoms with Gasteiger partial charge >= 0.3 is 12.1 Å². The molecule has 1 amide bonds. The summed E-state index contributed by atoms with van der Waals surface area (Å²) in [6, 6.07) is 9.92. The van der Waals surface area contributed by atoms with Gasteiger partial charge < -0.3 is 15.2 Å². The summed E-state index contributed by atoms with van der Waals surface area (Å²) < 4.78 is 48.4. The Kier molecular flexibility index (Phi) is 5.85. The summed E-state index contributed by atoms with van der Waals surface area (Å²) in [6.07, 6.45) is -1.08. The molecular weight excluding hydrogens is 489 g/mol. The molecule has 0 spiro atoms. The molecule has 2 aromatic heterocycles. The number of aryl methyl sites for hydroxylation is 2. The van der Waals surface area contributed by atoms with Gasteiger partial charge in [-0.2, -0.15) is 23.3 Å². The number of ether oxygens (including phenoxy) is 1. The maximum Gasteiger partial charge on any atom is 0.418 e. The van der Waals surface area contributed by atoms with E-state index >= 15 is 0 Å². The highest BCUT2D eigenvalue weighted by Gasteiger charge is 2.45. The number of anilines is 1. The normalized spacial score (nSPS) is 17.0. The number of nitrogens with one attached hydrogen (secondary N) is 1. The summed E-state index contributed by atoms with van der Waals surface area (Å²) in [5.74, 6) is -2.00.